The number of ether oxygens (including phenoxy) is 1. The molecule has 1 heterocycles. The van der Waals surface area contributed by atoms with E-state index < -0.39 is 18.5 Å². The normalized spacial score (nSPS) is 13.6. The van der Waals surface area contributed by atoms with Crippen LogP contribution in [0.4, 0.5) is 13.6 Å². The summed E-state index contributed by atoms with van der Waals surface area (Å²) >= 11 is 0. The molecule has 0 aromatic heterocycles. The van der Waals surface area contributed by atoms with Crippen molar-refractivity contribution in [3.63, 3.8) is 0 Å². The number of nitrogens with zero attached hydrogens (tertiary/aromatic N) is 1. The molecule has 0 bridgehead atoms. The van der Waals surface area contributed by atoms with E-state index in [2.05, 4.69) is 15.4 Å². The summed E-state index contributed by atoms with van der Waals surface area (Å²) in [6.45, 7) is -2.83. The van der Waals surface area contributed by atoms with Gasteiger partial charge in [-0.05, 0) is 23.8 Å². The number of alkyl halides is 2. The van der Waals surface area contributed by atoms with Crippen LogP contribution in [0.1, 0.15) is 21.5 Å². The molecule has 28 heavy (non-hydrogen) atoms. The summed E-state index contributed by atoms with van der Waals surface area (Å²) in [7, 11) is 0. The first-order valence-electron chi connectivity index (χ1n) is 8.42. The molecule has 2 N–H and O–H groups in total. The summed E-state index contributed by atoms with van der Waals surface area (Å²) in [5.41, 5.74) is 1.47. The minimum absolute atomic E-state index is 0.00158. The number of benzene rings is 2. The second-order valence-corrected chi connectivity index (χ2v) is 6.00. The van der Waals surface area contributed by atoms with Crippen molar-refractivity contribution in [1.29, 1.82) is 0 Å². The van der Waals surface area contributed by atoms with Crippen molar-refractivity contribution < 1.29 is 27.9 Å². The molecule has 0 unspecified atom stereocenters. The first-order chi connectivity index (χ1) is 13.4. The Balaban J connectivity index is 1.60. The van der Waals surface area contributed by atoms with Gasteiger partial charge in [-0.1, -0.05) is 30.3 Å². The van der Waals surface area contributed by atoms with Gasteiger partial charge in [-0.15, -0.1) is 0 Å². The highest BCUT2D eigenvalue weighted by Crippen LogP contribution is 2.20. The Morgan fingerprint density at radius 2 is 1.86 bits per heavy atom. The number of imide groups is 1. The van der Waals surface area contributed by atoms with E-state index >= 15 is 0 Å². The van der Waals surface area contributed by atoms with Gasteiger partial charge >= 0.3 is 12.6 Å². The van der Waals surface area contributed by atoms with E-state index in [1.54, 1.807) is 42.5 Å². The average Bonchev–Trinajstić information content (AvgIpc) is 2.99. The average molecular weight is 389 g/mol. The lowest BCUT2D eigenvalue weighted by Gasteiger charge is -2.13. The molecule has 4 amide bonds. The van der Waals surface area contributed by atoms with Gasteiger partial charge in [-0.25, -0.2) is 4.79 Å². The van der Waals surface area contributed by atoms with Gasteiger partial charge in [0.05, 0.1) is 13.1 Å². The first-order valence-corrected chi connectivity index (χ1v) is 8.42. The lowest BCUT2D eigenvalue weighted by molar-refractivity contribution is -0.125. The van der Waals surface area contributed by atoms with Crippen LogP contribution in [0, 0.1) is 0 Å². The van der Waals surface area contributed by atoms with Gasteiger partial charge in [0.15, 0.2) is 0 Å². The topological polar surface area (TPSA) is 87.7 Å². The fourth-order valence-electron chi connectivity index (χ4n) is 2.70. The second kappa shape index (κ2) is 8.47. The molecule has 0 saturated carbocycles. The van der Waals surface area contributed by atoms with E-state index in [0.29, 0.717) is 16.7 Å². The molecule has 3 rings (SSSR count). The zero-order valence-electron chi connectivity index (χ0n) is 14.7. The predicted molar refractivity (Wildman–Crippen MR) is 94.6 cm³/mol. The molecule has 1 fully saturated rings. The van der Waals surface area contributed by atoms with Crippen LogP contribution in [-0.4, -0.2) is 35.9 Å². The number of nitrogens with one attached hydrogen (secondary N) is 2. The highest BCUT2D eigenvalue weighted by molar-refractivity contribution is 6.01. The van der Waals surface area contributed by atoms with E-state index in [1.165, 1.54) is 6.07 Å². The minimum Gasteiger partial charge on any atom is -0.434 e. The molecule has 146 valence electrons. The van der Waals surface area contributed by atoms with Crippen molar-refractivity contribution in [2.75, 3.05) is 6.54 Å². The van der Waals surface area contributed by atoms with Crippen molar-refractivity contribution in [2.45, 2.75) is 19.7 Å². The number of carbonyl (C=O) groups excluding carboxylic acids is 3. The van der Waals surface area contributed by atoms with Crippen LogP contribution in [0.5, 0.6) is 5.75 Å². The van der Waals surface area contributed by atoms with Crippen molar-refractivity contribution in [3.8, 4) is 5.75 Å². The molecule has 9 heteroatoms. The van der Waals surface area contributed by atoms with E-state index in [0.717, 1.165) is 4.90 Å². The number of hydrogen-bond acceptors (Lipinski definition) is 4. The number of halogens is 2. The van der Waals surface area contributed by atoms with Gasteiger partial charge < -0.3 is 15.4 Å². The zero-order chi connectivity index (χ0) is 20.1. The van der Waals surface area contributed by atoms with Gasteiger partial charge in [0.2, 0.25) is 5.91 Å². The molecule has 2 aromatic rings. The van der Waals surface area contributed by atoms with E-state index in [1.807, 2.05) is 0 Å². The maximum absolute atomic E-state index is 12.4. The van der Waals surface area contributed by atoms with Gasteiger partial charge in [0.1, 0.15) is 5.75 Å². The second-order valence-electron chi connectivity index (χ2n) is 6.00. The van der Waals surface area contributed by atoms with Crippen LogP contribution in [0.25, 0.3) is 0 Å². The van der Waals surface area contributed by atoms with Gasteiger partial charge in [0.25, 0.3) is 5.91 Å². The standard InChI is InChI=1S/C19H17F2N3O4/c20-18(21)28-15-4-2-1-3-14(15)9-22-17(26)13-7-5-12(6-8-13)11-24-16(25)10-23-19(24)27/h1-8,18H,9-11H2,(H,22,26)(H,23,27). The lowest BCUT2D eigenvalue weighted by Crippen LogP contribution is -2.30. The number of hydrogen-bond donors (Lipinski definition) is 2. The monoisotopic (exact) mass is 389 g/mol. The number of carbonyl (C=O) groups is 3. The molecule has 0 aliphatic carbocycles. The summed E-state index contributed by atoms with van der Waals surface area (Å²) in [6.07, 6.45) is 0. The van der Waals surface area contributed by atoms with Crippen LogP contribution in [0.3, 0.4) is 0 Å². The maximum Gasteiger partial charge on any atom is 0.387 e. The van der Waals surface area contributed by atoms with E-state index in [9.17, 15) is 23.2 Å². The molecule has 1 aliphatic heterocycles. The Labute approximate surface area is 159 Å². The zero-order valence-corrected chi connectivity index (χ0v) is 14.7. The number of rotatable bonds is 7. The van der Waals surface area contributed by atoms with Crippen LogP contribution in [0.15, 0.2) is 48.5 Å². The fourth-order valence-corrected chi connectivity index (χ4v) is 2.70. The third-order valence-electron chi connectivity index (χ3n) is 4.12. The molecule has 1 saturated heterocycles. The Kier molecular flexibility index (Phi) is 5.83. The Morgan fingerprint density at radius 3 is 2.50 bits per heavy atom. The summed E-state index contributed by atoms with van der Waals surface area (Å²) in [5, 5.41) is 5.08. The van der Waals surface area contributed by atoms with Crippen molar-refractivity contribution in [3.05, 3.63) is 65.2 Å². The van der Waals surface area contributed by atoms with Crippen molar-refractivity contribution in [2.24, 2.45) is 0 Å². The Morgan fingerprint density at radius 1 is 1.14 bits per heavy atom. The Bertz CT molecular complexity index is 871. The molecule has 2 aromatic carbocycles. The van der Waals surface area contributed by atoms with Crippen LogP contribution in [-0.2, 0) is 17.9 Å². The lowest BCUT2D eigenvalue weighted by atomic mass is 10.1. The molecule has 1 aliphatic rings. The van der Waals surface area contributed by atoms with E-state index in [4.69, 9.17) is 0 Å². The highest BCUT2D eigenvalue weighted by atomic mass is 19.3. The molecular weight excluding hydrogens is 372 g/mol. The van der Waals surface area contributed by atoms with Gasteiger partial charge in [0, 0.05) is 17.7 Å². The SMILES string of the molecule is O=C(NCc1ccccc1OC(F)F)c1ccc(CN2C(=O)CNC2=O)cc1. The quantitative estimate of drug-likeness (QED) is 0.711. The van der Waals surface area contributed by atoms with Crippen LogP contribution in [0.2, 0.25) is 0 Å². The first kappa shape index (κ1) is 19.3. The summed E-state index contributed by atoms with van der Waals surface area (Å²) in [5.74, 6) is -0.702. The third-order valence-corrected chi connectivity index (χ3v) is 4.12. The fraction of sp³-hybridized carbons (Fsp3) is 0.211. The number of para-hydroxylation sites is 1. The molecule has 0 atom stereocenters. The summed E-state index contributed by atoms with van der Waals surface area (Å²) < 4.78 is 29.3. The molecule has 0 radical (unpaired) electrons. The Hall–Kier alpha value is -3.49. The van der Waals surface area contributed by atoms with Crippen LogP contribution >= 0.6 is 0 Å². The predicted octanol–water partition coefficient (Wildman–Crippen LogP) is 2.27. The molecule has 0 spiro atoms. The van der Waals surface area contributed by atoms with Gasteiger partial charge in [-0.3, -0.25) is 14.5 Å². The smallest absolute Gasteiger partial charge is 0.387 e. The summed E-state index contributed by atoms with van der Waals surface area (Å²) in [4.78, 5) is 36.5. The highest BCUT2D eigenvalue weighted by Gasteiger charge is 2.28. The van der Waals surface area contributed by atoms with Gasteiger partial charge in [-0.2, -0.15) is 8.78 Å². The van der Waals surface area contributed by atoms with Crippen molar-refractivity contribution in [1.82, 2.24) is 15.5 Å². The van der Waals surface area contributed by atoms with E-state index in [-0.39, 0.29) is 31.3 Å². The van der Waals surface area contributed by atoms with Crippen LogP contribution < -0.4 is 15.4 Å². The number of amides is 4. The summed E-state index contributed by atoms with van der Waals surface area (Å²) in [6, 6.07) is 12.2. The molecular formula is C19H17F2N3O4. The third kappa shape index (κ3) is 4.61. The maximum atomic E-state index is 12.4. The minimum atomic E-state index is -2.95. The largest absolute Gasteiger partial charge is 0.434 e. The van der Waals surface area contributed by atoms with Crippen molar-refractivity contribution >= 4 is 17.8 Å². The number of urea groups is 1. The molecule has 7 nitrogen and oxygen atoms in total.